The summed E-state index contributed by atoms with van der Waals surface area (Å²) in [5.74, 6) is 0.944. The van der Waals surface area contributed by atoms with Crippen molar-refractivity contribution in [3.63, 3.8) is 0 Å². The SMILES string of the molecule is CONCc1ccc(OC2CN(C)C2)cc1. The molecule has 16 heavy (non-hydrogen) atoms. The van der Waals surface area contributed by atoms with Crippen LogP contribution in [-0.2, 0) is 11.4 Å². The zero-order valence-electron chi connectivity index (χ0n) is 9.77. The van der Waals surface area contributed by atoms with Crippen molar-refractivity contribution in [3.05, 3.63) is 29.8 Å². The number of hydrogen-bond acceptors (Lipinski definition) is 4. The summed E-state index contributed by atoms with van der Waals surface area (Å²) in [7, 11) is 3.71. The predicted molar refractivity (Wildman–Crippen MR) is 62.2 cm³/mol. The van der Waals surface area contributed by atoms with E-state index in [2.05, 4.69) is 17.4 Å². The molecule has 88 valence electrons. The first kappa shape index (κ1) is 11.4. The average Bonchev–Trinajstić information content (AvgIpc) is 2.26. The van der Waals surface area contributed by atoms with E-state index in [-0.39, 0.29) is 0 Å². The van der Waals surface area contributed by atoms with Gasteiger partial charge in [-0.05, 0) is 24.7 Å². The van der Waals surface area contributed by atoms with Crippen LogP contribution >= 0.6 is 0 Å². The fraction of sp³-hybridized carbons (Fsp3) is 0.500. The summed E-state index contributed by atoms with van der Waals surface area (Å²) in [6.07, 6.45) is 0.355. The third kappa shape index (κ3) is 2.95. The molecule has 0 amide bonds. The molecule has 4 nitrogen and oxygen atoms in total. The van der Waals surface area contributed by atoms with E-state index in [4.69, 9.17) is 9.57 Å². The molecule has 0 spiro atoms. The van der Waals surface area contributed by atoms with Gasteiger partial charge in [-0.25, -0.2) is 0 Å². The molecule has 2 rings (SSSR count). The molecule has 1 saturated heterocycles. The van der Waals surface area contributed by atoms with Gasteiger partial charge in [-0.15, -0.1) is 0 Å². The van der Waals surface area contributed by atoms with E-state index >= 15 is 0 Å². The van der Waals surface area contributed by atoms with E-state index in [9.17, 15) is 0 Å². The minimum atomic E-state index is 0.355. The first-order chi connectivity index (χ1) is 7.78. The van der Waals surface area contributed by atoms with E-state index in [1.165, 1.54) is 5.56 Å². The van der Waals surface area contributed by atoms with Crippen molar-refractivity contribution in [2.45, 2.75) is 12.6 Å². The number of hydroxylamine groups is 1. The number of rotatable bonds is 5. The fourth-order valence-electron chi connectivity index (χ4n) is 1.75. The van der Waals surface area contributed by atoms with Crippen molar-refractivity contribution in [1.29, 1.82) is 0 Å². The van der Waals surface area contributed by atoms with Crippen molar-refractivity contribution in [1.82, 2.24) is 10.4 Å². The number of likely N-dealkylation sites (N-methyl/N-ethyl adjacent to an activating group) is 1. The molecule has 0 unspecified atom stereocenters. The zero-order valence-corrected chi connectivity index (χ0v) is 9.77. The molecule has 0 radical (unpaired) electrons. The minimum absolute atomic E-state index is 0.355. The highest BCUT2D eigenvalue weighted by molar-refractivity contribution is 5.27. The molecule has 0 bridgehead atoms. The molecular formula is C12H18N2O2. The molecule has 0 aromatic heterocycles. The maximum absolute atomic E-state index is 5.79. The van der Waals surface area contributed by atoms with Gasteiger partial charge >= 0.3 is 0 Å². The van der Waals surface area contributed by atoms with Gasteiger partial charge in [0.05, 0.1) is 7.11 Å². The second-order valence-electron chi connectivity index (χ2n) is 4.13. The van der Waals surface area contributed by atoms with Crippen LogP contribution in [0.4, 0.5) is 0 Å². The summed E-state index contributed by atoms with van der Waals surface area (Å²) in [6, 6.07) is 8.10. The maximum Gasteiger partial charge on any atom is 0.124 e. The van der Waals surface area contributed by atoms with Gasteiger partial charge < -0.3 is 9.57 Å². The van der Waals surface area contributed by atoms with Gasteiger partial charge in [-0.1, -0.05) is 12.1 Å². The van der Waals surface area contributed by atoms with Crippen LogP contribution in [0.2, 0.25) is 0 Å². The van der Waals surface area contributed by atoms with Crippen molar-refractivity contribution in [2.75, 3.05) is 27.2 Å². The number of nitrogens with one attached hydrogen (secondary N) is 1. The molecule has 1 aliphatic rings. The van der Waals surface area contributed by atoms with Gasteiger partial charge in [-0.2, -0.15) is 5.48 Å². The monoisotopic (exact) mass is 222 g/mol. The normalized spacial score (nSPS) is 17.1. The number of hydrogen-bond donors (Lipinski definition) is 1. The smallest absolute Gasteiger partial charge is 0.124 e. The Kier molecular flexibility index (Phi) is 3.77. The van der Waals surface area contributed by atoms with Gasteiger partial charge in [0.15, 0.2) is 0 Å². The highest BCUT2D eigenvalue weighted by Crippen LogP contribution is 2.17. The van der Waals surface area contributed by atoms with E-state index in [0.29, 0.717) is 12.6 Å². The average molecular weight is 222 g/mol. The summed E-state index contributed by atoms with van der Waals surface area (Å²) in [6.45, 7) is 2.75. The van der Waals surface area contributed by atoms with E-state index in [1.807, 2.05) is 24.3 Å². The fourth-order valence-corrected chi connectivity index (χ4v) is 1.75. The summed E-state index contributed by atoms with van der Waals surface area (Å²) in [4.78, 5) is 7.03. The minimum Gasteiger partial charge on any atom is -0.488 e. The quantitative estimate of drug-likeness (QED) is 0.754. The molecule has 1 N–H and O–H groups in total. The van der Waals surface area contributed by atoms with Gasteiger partial charge in [0.25, 0.3) is 0 Å². The lowest BCUT2D eigenvalue weighted by Crippen LogP contribution is -2.51. The highest BCUT2D eigenvalue weighted by Gasteiger charge is 2.24. The Morgan fingerprint density at radius 1 is 1.31 bits per heavy atom. The Hall–Kier alpha value is -1.10. The van der Waals surface area contributed by atoms with Gasteiger partial charge in [0, 0.05) is 19.6 Å². The maximum atomic E-state index is 5.79. The van der Waals surface area contributed by atoms with E-state index in [1.54, 1.807) is 7.11 Å². The third-order valence-electron chi connectivity index (χ3n) is 2.68. The van der Waals surface area contributed by atoms with Crippen molar-refractivity contribution >= 4 is 0 Å². The second kappa shape index (κ2) is 5.30. The Balaban J connectivity index is 1.82. The molecule has 0 atom stereocenters. The summed E-state index contributed by atoms with van der Waals surface area (Å²) in [5.41, 5.74) is 3.99. The van der Waals surface area contributed by atoms with E-state index in [0.717, 1.165) is 18.8 Å². The lowest BCUT2D eigenvalue weighted by Gasteiger charge is -2.36. The van der Waals surface area contributed by atoms with Crippen LogP contribution in [-0.4, -0.2) is 38.3 Å². The van der Waals surface area contributed by atoms with Gasteiger partial charge in [0.2, 0.25) is 0 Å². The summed E-state index contributed by atoms with van der Waals surface area (Å²) >= 11 is 0. The van der Waals surface area contributed by atoms with Crippen molar-refractivity contribution in [2.24, 2.45) is 0 Å². The van der Waals surface area contributed by atoms with Crippen LogP contribution < -0.4 is 10.2 Å². The molecule has 0 aliphatic carbocycles. The molecule has 1 aromatic carbocycles. The Labute approximate surface area is 96.1 Å². The van der Waals surface area contributed by atoms with Gasteiger partial charge in [0.1, 0.15) is 11.9 Å². The molecule has 4 heteroatoms. The first-order valence-electron chi connectivity index (χ1n) is 5.48. The second-order valence-corrected chi connectivity index (χ2v) is 4.13. The first-order valence-corrected chi connectivity index (χ1v) is 5.48. The lowest BCUT2D eigenvalue weighted by molar-refractivity contribution is 0.0388. The number of ether oxygens (including phenoxy) is 1. The topological polar surface area (TPSA) is 33.7 Å². The highest BCUT2D eigenvalue weighted by atomic mass is 16.6. The van der Waals surface area contributed by atoms with Crippen LogP contribution in [0.5, 0.6) is 5.75 Å². The molecule has 1 aromatic rings. The lowest BCUT2D eigenvalue weighted by atomic mass is 10.2. The summed E-state index contributed by atoms with van der Waals surface area (Å²) < 4.78 is 5.79. The zero-order chi connectivity index (χ0) is 11.4. The molecular weight excluding hydrogens is 204 g/mol. The van der Waals surface area contributed by atoms with Crippen LogP contribution in [0.15, 0.2) is 24.3 Å². The number of nitrogens with zero attached hydrogens (tertiary/aromatic N) is 1. The van der Waals surface area contributed by atoms with Crippen molar-refractivity contribution < 1.29 is 9.57 Å². The summed E-state index contributed by atoms with van der Waals surface area (Å²) in [5, 5.41) is 0. The van der Waals surface area contributed by atoms with Crippen molar-refractivity contribution in [3.8, 4) is 5.75 Å². The third-order valence-corrected chi connectivity index (χ3v) is 2.68. The van der Waals surface area contributed by atoms with Crippen LogP contribution in [0.25, 0.3) is 0 Å². The largest absolute Gasteiger partial charge is 0.488 e. The Bertz CT molecular complexity index is 320. The standard InChI is InChI=1S/C12H18N2O2/c1-14-8-12(9-14)16-11-5-3-10(4-6-11)7-13-15-2/h3-6,12-13H,7-9H2,1-2H3. The Morgan fingerprint density at radius 2 is 2.00 bits per heavy atom. The molecule has 1 fully saturated rings. The molecule has 1 aliphatic heterocycles. The number of benzene rings is 1. The van der Waals surface area contributed by atoms with Gasteiger partial charge in [-0.3, -0.25) is 4.90 Å². The van der Waals surface area contributed by atoms with Crippen LogP contribution in [0.3, 0.4) is 0 Å². The Morgan fingerprint density at radius 3 is 2.56 bits per heavy atom. The molecule has 1 heterocycles. The number of likely N-dealkylation sites (tertiary alicyclic amines) is 1. The molecule has 0 saturated carbocycles. The van der Waals surface area contributed by atoms with E-state index < -0.39 is 0 Å². The predicted octanol–water partition coefficient (Wildman–Crippen LogP) is 1.03. The van der Waals surface area contributed by atoms with Crippen LogP contribution in [0.1, 0.15) is 5.56 Å². The van der Waals surface area contributed by atoms with Crippen LogP contribution in [0, 0.1) is 0 Å².